The first-order valence-corrected chi connectivity index (χ1v) is 7.17. The average Bonchev–Trinajstić information content (AvgIpc) is 2.34. The molecule has 102 valence electrons. The quantitative estimate of drug-likeness (QED) is 0.694. The molecule has 0 spiro atoms. The van der Waals surface area contributed by atoms with Crippen LogP contribution in [0, 0.1) is 17.8 Å². The summed E-state index contributed by atoms with van der Waals surface area (Å²) < 4.78 is 5.65. The van der Waals surface area contributed by atoms with Crippen LogP contribution in [0.1, 0.15) is 33.6 Å². The number of likely N-dealkylation sites (tertiary alicyclic amines) is 1. The second-order valence-electron chi connectivity index (χ2n) is 5.72. The lowest BCUT2D eigenvalue weighted by molar-refractivity contribution is 0.0574. The highest BCUT2D eigenvalue weighted by Gasteiger charge is 2.26. The molecule has 0 bridgehead atoms. The van der Waals surface area contributed by atoms with Gasteiger partial charge >= 0.3 is 0 Å². The van der Waals surface area contributed by atoms with E-state index in [4.69, 9.17) is 10.5 Å². The van der Waals surface area contributed by atoms with Crippen molar-refractivity contribution in [3.63, 3.8) is 0 Å². The molecule has 1 saturated heterocycles. The summed E-state index contributed by atoms with van der Waals surface area (Å²) in [4.78, 5) is 2.54. The summed E-state index contributed by atoms with van der Waals surface area (Å²) in [7, 11) is 0. The Morgan fingerprint density at radius 3 is 2.71 bits per heavy atom. The van der Waals surface area contributed by atoms with Crippen LogP contribution in [0.25, 0.3) is 0 Å². The van der Waals surface area contributed by atoms with Crippen LogP contribution in [0.5, 0.6) is 0 Å². The van der Waals surface area contributed by atoms with E-state index in [1.54, 1.807) is 0 Å². The smallest absolute Gasteiger partial charge is 0.0593 e. The molecule has 0 aromatic rings. The van der Waals surface area contributed by atoms with E-state index in [0.29, 0.717) is 5.92 Å². The van der Waals surface area contributed by atoms with E-state index in [1.165, 1.54) is 25.9 Å². The van der Waals surface area contributed by atoms with E-state index >= 15 is 0 Å². The van der Waals surface area contributed by atoms with Crippen molar-refractivity contribution >= 4 is 0 Å². The lowest BCUT2D eigenvalue weighted by Gasteiger charge is -2.37. The molecule has 0 saturated carbocycles. The zero-order valence-corrected chi connectivity index (χ0v) is 11.8. The van der Waals surface area contributed by atoms with Crippen LogP contribution in [-0.4, -0.2) is 44.3 Å². The summed E-state index contributed by atoms with van der Waals surface area (Å²) in [6.07, 6.45) is 2.52. The Labute approximate surface area is 107 Å². The van der Waals surface area contributed by atoms with Gasteiger partial charge in [0.15, 0.2) is 0 Å². The molecular formula is C14H30N2O. The molecule has 17 heavy (non-hydrogen) atoms. The van der Waals surface area contributed by atoms with Crippen LogP contribution < -0.4 is 5.73 Å². The van der Waals surface area contributed by atoms with Gasteiger partial charge in [-0.1, -0.05) is 27.2 Å². The third-order valence-corrected chi connectivity index (χ3v) is 3.81. The van der Waals surface area contributed by atoms with E-state index in [-0.39, 0.29) is 0 Å². The number of hydrogen-bond acceptors (Lipinski definition) is 3. The van der Waals surface area contributed by atoms with E-state index in [1.807, 2.05) is 0 Å². The molecule has 2 atom stereocenters. The second kappa shape index (κ2) is 8.06. The molecule has 0 radical (unpaired) electrons. The van der Waals surface area contributed by atoms with Crippen molar-refractivity contribution in [2.75, 3.05) is 39.4 Å². The zero-order chi connectivity index (χ0) is 12.7. The molecule has 2 unspecified atom stereocenters. The molecule has 0 aromatic carbocycles. The Kier molecular flexibility index (Phi) is 7.09. The molecule has 0 amide bonds. The summed E-state index contributed by atoms with van der Waals surface area (Å²) in [5.41, 5.74) is 5.83. The fourth-order valence-corrected chi connectivity index (χ4v) is 2.64. The highest BCUT2D eigenvalue weighted by atomic mass is 16.5. The first-order chi connectivity index (χ1) is 8.17. The highest BCUT2D eigenvalue weighted by molar-refractivity contribution is 4.80. The summed E-state index contributed by atoms with van der Waals surface area (Å²) in [6.45, 7) is 12.8. The topological polar surface area (TPSA) is 38.5 Å². The highest BCUT2D eigenvalue weighted by Crippen LogP contribution is 2.24. The number of rotatable bonds is 7. The Balaban J connectivity index is 2.18. The predicted molar refractivity (Wildman–Crippen MR) is 73.0 cm³/mol. The van der Waals surface area contributed by atoms with Gasteiger partial charge in [0.05, 0.1) is 6.61 Å². The van der Waals surface area contributed by atoms with E-state index in [2.05, 4.69) is 25.7 Å². The molecule has 0 aromatic heterocycles. The molecular weight excluding hydrogens is 212 g/mol. The molecule has 1 fully saturated rings. The first-order valence-electron chi connectivity index (χ1n) is 7.17. The average molecular weight is 242 g/mol. The van der Waals surface area contributed by atoms with E-state index < -0.39 is 0 Å². The van der Waals surface area contributed by atoms with Gasteiger partial charge in [-0.25, -0.2) is 0 Å². The van der Waals surface area contributed by atoms with Gasteiger partial charge < -0.3 is 15.4 Å². The van der Waals surface area contributed by atoms with Gasteiger partial charge in [-0.15, -0.1) is 0 Å². The Bertz CT molecular complexity index is 197. The third-order valence-electron chi connectivity index (χ3n) is 3.81. The molecule has 0 aliphatic carbocycles. The molecule has 1 rings (SSSR count). The van der Waals surface area contributed by atoms with Crippen LogP contribution in [-0.2, 0) is 4.74 Å². The Morgan fingerprint density at radius 2 is 2.12 bits per heavy atom. The van der Waals surface area contributed by atoms with Gasteiger partial charge in [0.2, 0.25) is 0 Å². The summed E-state index contributed by atoms with van der Waals surface area (Å²) >= 11 is 0. The Hall–Kier alpha value is -0.120. The molecule has 1 heterocycles. The van der Waals surface area contributed by atoms with Crippen molar-refractivity contribution in [3.8, 4) is 0 Å². The van der Waals surface area contributed by atoms with Crippen molar-refractivity contribution in [2.45, 2.75) is 33.6 Å². The summed E-state index contributed by atoms with van der Waals surface area (Å²) in [5.74, 6) is 2.17. The van der Waals surface area contributed by atoms with Gasteiger partial charge in [-0.2, -0.15) is 0 Å². The van der Waals surface area contributed by atoms with Gasteiger partial charge in [-0.3, -0.25) is 0 Å². The minimum Gasteiger partial charge on any atom is -0.380 e. The number of nitrogens with two attached hydrogens (primary N) is 1. The number of ether oxygens (including phenoxy) is 1. The normalized spacial score (nSPS) is 26.6. The monoisotopic (exact) mass is 242 g/mol. The zero-order valence-electron chi connectivity index (χ0n) is 11.8. The summed E-state index contributed by atoms with van der Waals surface area (Å²) in [5, 5.41) is 0. The van der Waals surface area contributed by atoms with Crippen LogP contribution in [0.15, 0.2) is 0 Å². The second-order valence-corrected chi connectivity index (χ2v) is 5.72. The third kappa shape index (κ3) is 5.36. The largest absolute Gasteiger partial charge is 0.380 e. The van der Waals surface area contributed by atoms with Crippen molar-refractivity contribution in [3.05, 3.63) is 0 Å². The summed E-state index contributed by atoms with van der Waals surface area (Å²) in [6, 6.07) is 0. The van der Waals surface area contributed by atoms with E-state index in [0.717, 1.165) is 38.1 Å². The van der Waals surface area contributed by atoms with Gasteiger partial charge in [0, 0.05) is 19.7 Å². The van der Waals surface area contributed by atoms with Crippen molar-refractivity contribution < 1.29 is 4.74 Å². The lowest BCUT2D eigenvalue weighted by Crippen LogP contribution is -2.43. The maximum absolute atomic E-state index is 5.83. The number of piperidine rings is 1. The van der Waals surface area contributed by atoms with E-state index in [9.17, 15) is 0 Å². The van der Waals surface area contributed by atoms with Crippen molar-refractivity contribution in [1.29, 1.82) is 0 Å². The fourth-order valence-electron chi connectivity index (χ4n) is 2.64. The molecule has 1 aliphatic rings. The molecule has 2 N–H and O–H groups in total. The number of hydrogen-bond donors (Lipinski definition) is 1. The fraction of sp³-hybridized carbons (Fsp3) is 1.00. The molecule has 3 heteroatoms. The van der Waals surface area contributed by atoms with Crippen molar-refractivity contribution in [1.82, 2.24) is 4.90 Å². The SMILES string of the molecule is CCC1CN(CCOCC(C)C)CCC1CN. The van der Waals surface area contributed by atoms with Gasteiger partial charge in [0.1, 0.15) is 0 Å². The molecule has 3 nitrogen and oxygen atoms in total. The standard InChI is InChI=1S/C14H30N2O/c1-4-13-10-16(6-5-14(13)9-15)7-8-17-11-12(2)3/h12-14H,4-11,15H2,1-3H3. The minimum atomic E-state index is 0.640. The van der Waals surface area contributed by atoms with Gasteiger partial charge in [0.25, 0.3) is 0 Å². The lowest BCUT2D eigenvalue weighted by atomic mass is 9.84. The number of nitrogens with zero attached hydrogens (tertiary/aromatic N) is 1. The molecule has 1 aliphatic heterocycles. The van der Waals surface area contributed by atoms with Crippen LogP contribution in [0.2, 0.25) is 0 Å². The van der Waals surface area contributed by atoms with Crippen LogP contribution >= 0.6 is 0 Å². The van der Waals surface area contributed by atoms with Gasteiger partial charge in [-0.05, 0) is 37.3 Å². The maximum Gasteiger partial charge on any atom is 0.0593 e. The maximum atomic E-state index is 5.83. The predicted octanol–water partition coefficient (Wildman–Crippen LogP) is 1.97. The minimum absolute atomic E-state index is 0.640. The van der Waals surface area contributed by atoms with Crippen molar-refractivity contribution in [2.24, 2.45) is 23.5 Å². The first kappa shape index (κ1) is 14.9. The van der Waals surface area contributed by atoms with Crippen LogP contribution in [0.4, 0.5) is 0 Å². The van der Waals surface area contributed by atoms with Crippen LogP contribution in [0.3, 0.4) is 0 Å². The Morgan fingerprint density at radius 1 is 1.35 bits per heavy atom.